The molecule has 1 amide bonds. The van der Waals surface area contributed by atoms with Crippen molar-refractivity contribution >= 4 is 34.7 Å². The predicted molar refractivity (Wildman–Crippen MR) is 164 cm³/mol. The summed E-state index contributed by atoms with van der Waals surface area (Å²) in [5, 5.41) is 2.68. The third-order valence-corrected chi connectivity index (χ3v) is 8.62. The quantitative estimate of drug-likeness (QED) is 0.201. The molecule has 14 heteroatoms. The maximum absolute atomic E-state index is 13.9. The summed E-state index contributed by atoms with van der Waals surface area (Å²) in [5.41, 5.74) is 1.55. The van der Waals surface area contributed by atoms with Crippen molar-refractivity contribution in [3.8, 4) is 11.3 Å². The Morgan fingerprint density at radius 1 is 1.09 bits per heavy atom. The zero-order chi connectivity index (χ0) is 32.6. The van der Waals surface area contributed by atoms with Crippen LogP contribution in [-0.4, -0.2) is 71.2 Å². The van der Waals surface area contributed by atoms with Crippen molar-refractivity contribution in [2.75, 3.05) is 44.6 Å². The van der Waals surface area contributed by atoms with Gasteiger partial charge < -0.3 is 19.4 Å². The first-order chi connectivity index (χ1) is 22.0. The molecule has 2 saturated carbocycles. The molecule has 0 radical (unpaired) electrons. The Bertz CT molecular complexity index is 1760. The molecule has 2 aliphatic rings. The highest BCUT2D eigenvalue weighted by molar-refractivity contribution is 6.03. The van der Waals surface area contributed by atoms with Gasteiger partial charge in [0.15, 0.2) is 5.65 Å². The number of ether oxygens (including phenoxy) is 2. The van der Waals surface area contributed by atoms with Gasteiger partial charge in [-0.3, -0.25) is 15.1 Å². The number of fused-ring (bicyclic) bond motifs is 1. The second-order valence-electron chi connectivity index (χ2n) is 12.1. The molecule has 0 bridgehead atoms. The number of nitrogens with zero attached hydrogens (tertiary/aromatic N) is 5. The van der Waals surface area contributed by atoms with Crippen LogP contribution < -0.4 is 10.2 Å². The molecule has 4 aromatic rings. The third kappa shape index (κ3) is 6.52. The zero-order valence-electron chi connectivity index (χ0n) is 25.7. The normalized spacial score (nSPS) is 16.0. The van der Waals surface area contributed by atoms with Gasteiger partial charge in [0, 0.05) is 49.5 Å². The van der Waals surface area contributed by atoms with Crippen molar-refractivity contribution < 1.29 is 32.2 Å². The fourth-order valence-electron chi connectivity index (χ4n) is 6.22. The van der Waals surface area contributed by atoms with E-state index >= 15 is 0 Å². The number of nitrogens with one attached hydrogen (secondary N) is 2. The summed E-state index contributed by atoms with van der Waals surface area (Å²) in [6.07, 6.45) is 2.35. The van der Waals surface area contributed by atoms with Crippen LogP contribution in [-0.2, 0) is 15.7 Å². The highest BCUT2D eigenvalue weighted by Gasteiger charge is 2.37. The van der Waals surface area contributed by atoms with Crippen molar-refractivity contribution in [2.45, 2.75) is 50.6 Å². The minimum absolute atomic E-state index is 0.00862. The molecule has 11 nitrogen and oxygen atoms in total. The van der Waals surface area contributed by atoms with Crippen molar-refractivity contribution in [1.29, 1.82) is 0 Å². The second kappa shape index (κ2) is 12.3. The lowest BCUT2D eigenvalue weighted by Gasteiger charge is -2.34. The number of esters is 1. The Hall–Kier alpha value is -4.59. The smallest absolute Gasteiger partial charge is 0.433 e. The number of amides is 1. The van der Waals surface area contributed by atoms with Crippen molar-refractivity contribution in [3.63, 3.8) is 0 Å². The van der Waals surface area contributed by atoms with Gasteiger partial charge >= 0.3 is 12.1 Å². The molecule has 0 aromatic carbocycles. The van der Waals surface area contributed by atoms with Crippen LogP contribution in [0.5, 0.6) is 0 Å². The van der Waals surface area contributed by atoms with E-state index in [1.807, 2.05) is 11.9 Å². The Balaban J connectivity index is 1.40. The average Bonchev–Trinajstić information content (AvgIpc) is 3.67. The molecule has 0 atom stereocenters. The van der Waals surface area contributed by atoms with E-state index in [1.54, 1.807) is 19.2 Å². The monoisotopic (exact) mass is 637 g/mol. The summed E-state index contributed by atoms with van der Waals surface area (Å²) in [6, 6.07) is 7.25. The van der Waals surface area contributed by atoms with Gasteiger partial charge in [0.05, 0.1) is 30.7 Å². The van der Waals surface area contributed by atoms with Crippen molar-refractivity contribution in [1.82, 2.24) is 24.9 Å². The molecule has 6 rings (SSSR count). The second-order valence-corrected chi connectivity index (χ2v) is 12.1. The summed E-state index contributed by atoms with van der Waals surface area (Å²) in [5.74, 6) is -1.10. The lowest BCUT2D eigenvalue weighted by molar-refractivity contribution is -0.141. The molecule has 2 N–H and O–H groups in total. The maximum atomic E-state index is 13.9. The van der Waals surface area contributed by atoms with E-state index in [2.05, 4.69) is 35.0 Å². The van der Waals surface area contributed by atoms with Crippen LogP contribution in [0.1, 0.15) is 76.7 Å². The number of aromatic amines is 1. The topological polar surface area (TPSA) is 135 Å². The van der Waals surface area contributed by atoms with Gasteiger partial charge in [-0.2, -0.15) is 18.2 Å². The summed E-state index contributed by atoms with van der Waals surface area (Å²) in [7, 11) is 4.85. The van der Waals surface area contributed by atoms with E-state index < -0.39 is 23.7 Å². The van der Waals surface area contributed by atoms with Gasteiger partial charge in [-0.1, -0.05) is 12.8 Å². The summed E-state index contributed by atoms with van der Waals surface area (Å²) in [6.45, 7) is 1.21. The molecule has 0 unspecified atom stereocenters. The highest BCUT2D eigenvalue weighted by atomic mass is 19.4. The van der Waals surface area contributed by atoms with Gasteiger partial charge in [-0.15, -0.1) is 0 Å². The van der Waals surface area contributed by atoms with Crippen LogP contribution in [0.15, 0.2) is 36.5 Å². The first-order valence-electron chi connectivity index (χ1n) is 15.0. The molecular formula is C32H34F3N7O4. The SMILES string of the molecule is COCC1(CN(C)c2cc(-c3cc(C4CC4)nc(C(F)(F)F)c3)nc3nc(NC(=O)c4ccc(C(=O)OC)cn4)[nH]c23)CCCC1. The van der Waals surface area contributed by atoms with Gasteiger partial charge in [0.1, 0.15) is 16.9 Å². The lowest BCUT2D eigenvalue weighted by atomic mass is 9.86. The van der Waals surface area contributed by atoms with Crippen LogP contribution in [0, 0.1) is 5.41 Å². The first kappa shape index (κ1) is 31.4. The highest BCUT2D eigenvalue weighted by Crippen LogP contribution is 2.43. The molecule has 2 aliphatic carbocycles. The van der Waals surface area contributed by atoms with E-state index in [0.29, 0.717) is 35.7 Å². The average molecular weight is 638 g/mol. The number of alkyl halides is 3. The number of hydrogen-bond donors (Lipinski definition) is 2. The Morgan fingerprint density at radius 3 is 2.48 bits per heavy atom. The largest absolute Gasteiger partial charge is 0.465 e. The minimum atomic E-state index is -4.62. The molecule has 2 fully saturated rings. The zero-order valence-corrected chi connectivity index (χ0v) is 25.7. The van der Waals surface area contributed by atoms with E-state index in [0.717, 1.165) is 44.6 Å². The van der Waals surface area contributed by atoms with Crippen LogP contribution in [0.4, 0.5) is 24.8 Å². The Morgan fingerprint density at radius 2 is 1.85 bits per heavy atom. The predicted octanol–water partition coefficient (Wildman–Crippen LogP) is 5.99. The standard InChI is InChI=1S/C32H34F3N7O4/c1-42(16-31(17-45-2)10-4-5-11-31)24-14-23(20-12-22(18-6-7-18)37-25(13-20)32(33,34)35)38-27-26(24)39-30(40-27)41-28(43)21-9-8-19(15-36-21)29(44)46-3/h8-9,12-15,18H,4-7,10-11,16-17H2,1-3H3,(H2,38,39,40,41,43). The number of anilines is 2. The van der Waals surface area contributed by atoms with Crippen LogP contribution in [0.2, 0.25) is 0 Å². The molecule has 242 valence electrons. The van der Waals surface area contributed by atoms with E-state index in [4.69, 9.17) is 4.74 Å². The van der Waals surface area contributed by atoms with Gasteiger partial charge in [-0.25, -0.2) is 14.8 Å². The number of halogens is 3. The fourth-order valence-corrected chi connectivity index (χ4v) is 6.22. The molecule has 0 aliphatic heterocycles. The van der Waals surface area contributed by atoms with Gasteiger partial charge in [0.2, 0.25) is 5.95 Å². The number of imidazole rings is 1. The number of aromatic nitrogens is 5. The van der Waals surface area contributed by atoms with Gasteiger partial charge in [0.25, 0.3) is 5.91 Å². The lowest BCUT2D eigenvalue weighted by Crippen LogP contribution is -2.37. The third-order valence-electron chi connectivity index (χ3n) is 8.62. The molecule has 46 heavy (non-hydrogen) atoms. The van der Waals surface area contributed by atoms with Crippen LogP contribution in [0.3, 0.4) is 0 Å². The Kier molecular flexibility index (Phi) is 8.40. The van der Waals surface area contributed by atoms with Crippen molar-refractivity contribution in [3.05, 3.63) is 59.2 Å². The fraction of sp³-hybridized carbons (Fsp3) is 0.438. The molecule has 0 spiro atoms. The molecular weight excluding hydrogens is 603 g/mol. The number of carbonyl (C=O) groups is 2. The van der Waals surface area contributed by atoms with Crippen molar-refractivity contribution in [2.24, 2.45) is 5.41 Å². The summed E-state index contributed by atoms with van der Waals surface area (Å²) in [4.78, 5) is 47.1. The summed E-state index contributed by atoms with van der Waals surface area (Å²) >= 11 is 0. The number of pyridine rings is 3. The summed E-state index contributed by atoms with van der Waals surface area (Å²) < 4.78 is 52.0. The van der Waals surface area contributed by atoms with Gasteiger partial charge in [-0.05, 0) is 56.0 Å². The minimum Gasteiger partial charge on any atom is -0.465 e. The Labute approximate surface area is 262 Å². The number of rotatable bonds is 10. The van der Waals surface area contributed by atoms with Crippen LogP contribution >= 0.6 is 0 Å². The number of hydrogen-bond acceptors (Lipinski definition) is 9. The number of carbonyl (C=O) groups excluding carboxylic acids is 2. The maximum Gasteiger partial charge on any atom is 0.433 e. The molecule has 4 heterocycles. The first-order valence-corrected chi connectivity index (χ1v) is 15.0. The van der Waals surface area contributed by atoms with E-state index in [1.165, 1.54) is 25.4 Å². The van der Waals surface area contributed by atoms with E-state index in [-0.39, 0.29) is 39.7 Å². The van der Waals surface area contributed by atoms with E-state index in [9.17, 15) is 22.8 Å². The van der Waals surface area contributed by atoms with Crippen LogP contribution in [0.25, 0.3) is 22.4 Å². The molecule has 4 aromatic heterocycles. The number of H-pyrrole nitrogens is 1. The molecule has 0 saturated heterocycles. The number of methoxy groups -OCH3 is 2.